The minimum Gasteiger partial charge on any atom is -0.466 e. The Bertz CT molecular complexity index is 483. The molecule has 3 N–H and O–H groups in total. The third-order valence-electron chi connectivity index (χ3n) is 4.09. The Morgan fingerprint density at radius 2 is 1.67 bits per heavy atom. The van der Waals surface area contributed by atoms with Crippen LogP contribution in [0, 0.1) is 0 Å². The van der Waals surface area contributed by atoms with Gasteiger partial charge in [-0.2, -0.15) is 0 Å². The number of carbonyl (C=O) groups excluding carboxylic acids is 2. The third kappa shape index (κ3) is 11.4. The van der Waals surface area contributed by atoms with Gasteiger partial charge in [0.1, 0.15) is 5.60 Å². The van der Waals surface area contributed by atoms with Crippen LogP contribution in [0.15, 0.2) is 4.99 Å². The molecule has 0 radical (unpaired) electrons. The molecule has 8 nitrogen and oxygen atoms in total. The number of carbonyl (C=O) groups is 2. The zero-order chi connectivity index (χ0) is 20.9. The molecule has 0 rings (SSSR count). The zero-order valence-electron chi connectivity index (χ0n) is 18.0. The number of ether oxygens (including phenoxy) is 2. The molecule has 0 aliphatic heterocycles. The van der Waals surface area contributed by atoms with E-state index in [1.54, 1.807) is 14.0 Å². The van der Waals surface area contributed by atoms with Crippen molar-refractivity contribution in [2.24, 2.45) is 4.99 Å². The number of rotatable bonds is 10. The van der Waals surface area contributed by atoms with Gasteiger partial charge in [0.15, 0.2) is 5.96 Å². The Morgan fingerprint density at radius 3 is 2.15 bits per heavy atom. The third-order valence-corrected chi connectivity index (χ3v) is 4.09. The van der Waals surface area contributed by atoms with Crippen molar-refractivity contribution in [3.05, 3.63) is 0 Å². The summed E-state index contributed by atoms with van der Waals surface area (Å²) < 4.78 is 10.3. The first-order valence-electron chi connectivity index (χ1n) is 9.72. The van der Waals surface area contributed by atoms with Gasteiger partial charge in [-0.05, 0) is 47.0 Å². The second kappa shape index (κ2) is 12.4. The van der Waals surface area contributed by atoms with E-state index in [2.05, 4.69) is 20.9 Å². The highest BCUT2D eigenvalue weighted by Crippen LogP contribution is 2.16. The van der Waals surface area contributed by atoms with Crippen molar-refractivity contribution in [3.8, 4) is 0 Å². The molecule has 158 valence electrons. The van der Waals surface area contributed by atoms with Crippen LogP contribution in [-0.4, -0.2) is 55.9 Å². The summed E-state index contributed by atoms with van der Waals surface area (Å²) in [5.41, 5.74) is -0.980. The number of hydrogen-bond donors (Lipinski definition) is 3. The molecule has 8 heteroatoms. The minimum atomic E-state index is -0.540. The molecular weight excluding hydrogens is 348 g/mol. The summed E-state index contributed by atoms with van der Waals surface area (Å²) in [5.74, 6) is 0.427. The molecule has 0 aromatic heterocycles. The highest BCUT2D eigenvalue weighted by Gasteiger charge is 2.30. The van der Waals surface area contributed by atoms with Gasteiger partial charge in [-0.25, -0.2) is 4.79 Å². The van der Waals surface area contributed by atoms with Gasteiger partial charge in [-0.15, -0.1) is 0 Å². The number of alkyl carbamates (subject to hydrolysis) is 1. The summed E-state index contributed by atoms with van der Waals surface area (Å²) in [7, 11) is 1.68. The largest absolute Gasteiger partial charge is 0.466 e. The lowest BCUT2D eigenvalue weighted by Crippen LogP contribution is -2.57. The van der Waals surface area contributed by atoms with E-state index in [1.165, 1.54) is 0 Å². The molecule has 0 aromatic carbocycles. The first-order chi connectivity index (χ1) is 12.6. The molecule has 0 aliphatic carbocycles. The number of amides is 1. The van der Waals surface area contributed by atoms with Gasteiger partial charge >= 0.3 is 12.1 Å². The molecule has 27 heavy (non-hydrogen) atoms. The topological polar surface area (TPSA) is 101 Å². The van der Waals surface area contributed by atoms with Crippen LogP contribution in [0.1, 0.15) is 67.2 Å². The number of nitrogens with zero attached hydrogens (tertiary/aromatic N) is 1. The predicted molar refractivity (Wildman–Crippen MR) is 108 cm³/mol. The second-order valence-electron chi connectivity index (χ2n) is 7.38. The number of nitrogens with one attached hydrogen (secondary N) is 3. The number of hydrogen-bond acceptors (Lipinski definition) is 5. The van der Waals surface area contributed by atoms with Crippen molar-refractivity contribution in [1.82, 2.24) is 16.0 Å². The average Bonchev–Trinajstić information content (AvgIpc) is 2.58. The van der Waals surface area contributed by atoms with E-state index in [0.29, 0.717) is 38.5 Å². The lowest BCUT2D eigenvalue weighted by atomic mass is 9.93. The summed E-state index contributed by atoms with van der Waals surface area (Å²) in [6.45, 7) is 12.9. The van der Waals surface area contributed by atoms with Gasteiger partial charge in [-0.3, -0.25) is 9.79 Å². The van der Waals surface area contributed by atoms with Crippen LogP contribution in [0.2, 0.25) is 0 Å². The maximum Gasteiger partial charge on any atom is 0.408 e. The van der Waals surface area contributed by atoms with E-state index in [0.717, 1.165) is 12.8 Å². The first-order valence-corrected chi connectivity index (χ1v) is 9.72. The van der Waals surface area contributed by atoms with Crippen LogP contribution < -0.4 is 16.0 Å². The van der Waals surface area contributed by atoms with Crippen LogP contribution in [0.3, 0.4) is 0 Å². The number of aliphatic imine (C=N–C) groups is 1. The molecule has 0 unspecified atom stereocenters. The molecule has 0 aliphatic rings. The molecular formula is C19H38N4O4. The summed E-state index contributed by atoms with van der Waals surface area (Å²) in [5, 5.41) is 9.41. The van der Waals surface area contributed by atoms with Crippen molar-refractivity contribution in [2.75, 3.05) is 26.7 Å². The predicted octanol–water partition coefficient (Wildman–Crippen LogP) is 2.58. The smallest absolute Gasteiger partial charge is 0.408 e. The van der Waals surface area contributed by atoms with Crippen LogP contribution in [-0.2, 0) is 14.3 Å². The maximum atomic E-state index is 12.2. The highest BCUT2D eigenvalue weighted by molar-refractivity contribution is 5.80. The molecule has 0 fully saturated rings. The van der Waals surface area contributed by atoms with Gasteiger partial charge in [0.25, 0.3) is 0 Å². The molecule has 0 atom stereocenters. The van der Waals surface area contributed by atoms with E-state index in [-0.39, 0.29) is 5.97 Å². The Kier molecular flexibility index (Phi) is 11.5. The summed E-state index contributed by atoms with van der Waals surface area (Å²) in [4.78, 5) is 27.7. The van der Waals surface area contributed by atoms with Crippen LogP contribution in [0.4, 0.5) is 4.79 Å². The molecule has 0 heterocycles. The van der Waals surface area contributed by atoms with Crippen molar-refractivity contribution < 1.29 is 19.1 Å². The van der Waals surface area contributed by atoms with Gasteiger partial charge in [0.05, 0.1) is 12.1 Å². The van der Waals surface area contributed by atoms with Gasteiger partial charge in [-0.1, -0.05) is 13.8 Å². The molecule has 0 saturated heterocycles. The Hall–Kier alpha value is -1.99. The SMILES string of the molecule is CCOC(=O)CCCNC(=NC)NCC(CC)(CC)NC(=O)OC(C)(C)C. The Labute approximate surface area is 163 Å². The highest BCUT2D eigenvalue weighted by atomic mass is 16.6. The molecule has 0 spiro atoms. The standard InChI is InChI=1S/C19H38N4O4/c1-8-19(9-2,23-17(25)27-18(4,5)6)14-22-16(20-7)21-13-11-12-15(24)26-10-3/h8-14H2,1-7H3,(H,23,25)(H2,20,21,22). The van der Waals surface area contributed by atoms with Crippen molar-refractivity contribution >= 4 is 18.0 Å². The van der Waals surface area contributed by atoms with Gasteiger partial charge < -0.3 is 25.4 Å². The number of guanidine groups is 1. The number of esters is 1. The van der Waals surface area contributed by atoms with E-state index in [4.69, 9.17) is 9.47 Å². The Morgan fingerprint density at radius 1 is 1.04 bits per heavy atom. The summed E-state index contributed by atoms with van der Waals surface area (Å²) in [6, 6.07) is 0. The zero-order valence-corrected chi connectivity index (χ0v) is 18.0. The average molecular weight is 387 g/mol. The fourth-order valence-corrected chi connectivity index (χ4v) is 2.39. The monoisotopic (exact) mass is 386 g/mol. The molecule has 1 amide bonds. The van der Waals surface area contributed by atoms with E-state index in [9.17, 15) is 9.59 Å². The first kappa shape index (κ1) is 25.0. The van der Waals surface area contributed by atoms with Crippen molar-refractivity contribution in [1.29, 1.82) is 0 Å². The fourth-order valence-electron chi connectivity index (χ4n) is 2.39. The molecule has 0 aromatic rings. The van der Waals surface area contributed by atoms with E-state index >= 15 is 0 Å². The summed E-state index contributed by atoms with van der Waals surface area (Å²) in [6.07, 6.45) is 2.09. The van der Waals surface area contributed by atoms with E-state index in [1.807, 2.05) is 34.6 Å². The maximum absolute atomic E-state index is 12.2. The molecule has 0 saturated carbocycles. The molecule has 0 bridgehead atoms. The van der Waals surface area contributed by atoms with Crippen molar-refractivity contribution in [3.63, 3.8) is 0 Å². The fraction of sp³-hybridized carbons (Fsp3) is 0.842. The Balaban J connectivity index is 4.55. The normalized spacial score (nSPS) is 12.3. The van der Waals surface area contributed by atoms with Crippen LogP contribution >= 0.6 is 0 Å². The second-order valence-corrected chi connectivity index (χ2v) is 7.38. The van der Waals surface area contributed by atoms with Gasteiger partial charge in [0, 0.05) is 26.6 Å². The van der Waals surface area contributed by atoms with Gasteiger partial charge in [0.2, 0.25) is 0 Å². The lowest BCUT2D eigenvalue weighted by molar-refractivity contribution is -0.143. The minimum absolute atomic E-state index is 0.195. The summed E-state index contributed by atoms with van der Waals surface area (Å²) >= 11 is 0. The quantitative estimate of drug-likeness (QED) is 0.231. The van der Waals surface area contributed by atoms with Crippen LogP contribution in [0.5, 0.6) is 0 Å². The van der Waals surface area contributed by atoms with Crippen LogP contribution in [0.25, 0.3) is 0 Å². The lowest BCUT2D eigenvalue weighted by Gasteiger charge is -2.34. The van der Waals surface area contributed by atoms with E-state index < -0.39 is 17.2 Å². The van der Waals surface area contributed by atoms with Crippen molar-refractivity contribution in [2.45, 2.75) is 78.4 Å².